The maximum atomic E-state index is 12.5. The first kappa shape index (κ1) is 16.1. The Morgan fingerprint density at radius 1 is 1.08 bits per heavy atom. The molecule has 26 heavy (non-hydrogen) atoms. The van der Waals surface area contributed by atoms with E-state index in [1.165, 1.54) is 6.92 Å². The summed E-state index contributed by atoms with van der Waals surface area (Å²) in [7, 11) is 0. The lowest BCUT2D eigenvalue weighted by Gasteiger charge is -2.21. The summed E-state index contributed by atoms with van der Waals surface area (Å²) < 4.78 is 10.6. The van der Waals surface area contributed by atoms with Gasteiger partial charge in [-0.2, -0.15) is 0 Å². The lowest BCUT2D eigenvalue weighted by atomic mass is 10.1. The van der Waals surface area contributed by atoms with E-state index in [9.17, 15) is 14.4 Å². The number of amides is 3. The Hall–Kier alpha value is -3.35. The molecule has 0 spiro atoms. The number of nitrogens with one attached hydrogen (secondary N) is 1. The second kappa shape index (κ2) is 6.18. The number of carbonyl (C=O) groups is 3. The molecule has 132 valence electrons. The number of nitrogens with zero attached hydrogens (tertiary/aromatic N) is 1. The van der Waals surface area contributed by atoms with Gasteiger partial charge in [0, 0.05) is 6.54 Å². The van der Waals surface area contributed by atoms with Crippen molar-refractivity contribution >= 4 is 17.7 Å². The van der Waals surface area contributed by atoms with Crippen LogP contribution in [0, 0.1) is 0 Å². The first-order valence-electron chi connectivity index (χ1n) is 8.19. The molecule has 0 aliphatic carbocycles. The van der Waals surface area contributed by atoms with E-state index in [1.807, 2.05) is 6.07 Å². The number of hydrogen-bond donors (Lipinski definition) is 1. The zero-order valence-corrected chi connectivity index (χ0v) is 14.0. The lowest BCUT2D eigenvalue weighted by molar-refractivity contribution is -0.124. The summed E-state index contributed by atoms with van der Waals surface area (Å²) in [6.07, 6.45) is 0. The highest BCUT2D eigenvalue weighted by Gasteiger charge is 2.40. The third-order valence-corrected chi connectivity index (χ3v) is 4.50. The molecule has 7 nitrogen and oxygen atoms in total. The number of ether oxygens (including phenoxy) is 2. The number of hydrogen-bond acceptors (Lipinski definition) is 5. The molecule has 0 radical (unpaired) electrons. The molecule has 2 aliphatic heterocycles. The first-order chi connectivity index (χ1) is 12.6. The summed E-state index contributed by atoms with van der Waals surface area (Å²) in [5, 5.41) is 2.75. The van der Waals surface area contributed by atoms with E-state index < -0.39 is 23.8 Å². The molecule has 4 rings (SSSR count). The van der Waals surface area contributed by atoms with Gasteiger partial charge in [-0.25, -0.2) is 0 Å². The van der Waals surface area contributed by atoms with Crippen LogP contribution in [0.5, 0.6) is 11.5 Å². The van der Waals surface area contributed by atoms with Gasteiger partial charge in [0.2, 0.25) is 12.7 Å². The Labute approximate surface area is 149 Å². The fourth-order valence-corrected chi connectivity index (χ4v) is 3.06. The van der Waals surface area contributed by atoms with Crippen LogP contribution in [0.4, 0.5) is 0 Å². The molecule has 7 heteroatoms. The van der Waals surface area contributed by atoms with E-state index >= 15 is 0 Å². The van der Waals surface area contributed by atoms with Gasteiger partial charge in [-0.3, -0.25) is 19.3 Å². The van der Waals surface area contributed by atoms with Crippen molar-refractivity contribution in [2.45, 2.75) is 19.5 Å². The predicted octanol–water partition coefficient (Wildman–Crippen LogP) is 1.72. The third kappa shape index (κ3) is 2.57. The van der Waals surface area contributed by atoms with Gasteiger partial charge in [0.25, 0.3) is 11.8 Å². The normalized spacial score (nSPS) is 15.8. The Balaban J connectivity index is 1.44. The standard InChI is InChI=1S/C19H16N2O5/c1-11(21-18(23)13-4-2-3-5-14(13)19(21)24)17(22)20-9-12-6-7-15-16(8-12)26-10-25-15/h2-8,11H,9-10H2,1H3,(H,20,22)/t11-/m1/s1. The van der Waals surface area contributed by atoms with Gasteiger partial charge in [-0.05, 0) is 36.8 Å². The average Bonchev–Trinajstić information content (AvgIpc) is 3.22. The van der Waals surface area contributed by atoms with E-state index in [0.29, 0.717) is 22.6 Å². The van der Waals surface area contributed by atoms with Crippen LogP contribution in [0.2, 0.25) is 0 Å². The van der Waals surface area contributed by atoms with Gasteiger partial charge in [-0.1, -0.05) is 18.2 Å². The average molecular weight is 352 g/mol. The second-order valence-corrected chi connectivity index (χ2v) is 6.11. The van der Waals surface area contributed by atoms with E-state index in [4.69, 9.17) is 9.47 Å². The lowest BCUT2D eigenvalue weighted by Crippen LogP contribution is -2.47. The van der Waals surface area contributed by atoms with Crippen molar-refractivity contribution in [3.8, 4) is 11.5 Å². The molecular formula is C19H16N2O5. The minimum Gasteiger partial charge on any atom is -0.454 e. The van der Waals surface area contributed by atoms with E-state index in [-0.39, 0.29) is 13.3 Å². The Morgan fingerprint density at radius 3 is 2.42 bits per heavy atom. The van der Waals surface area contributed by atoms with Crippen LogP contribution in [-0.4, -0.2) is 35.5 Å². The number of rotatable bonds is 4. The summed E-state index contributed by atoms with van der Waals surface area (Å²) in [5.41, 5.74) is 1.48. The largest absolute Gasteiger partial charge is 0.454 e. The third-order valence-electron chi connectivity index (χ3n) is 4.50. The molecule has 0 saturated heterocycles. The van der Waals surface area contributed by atoms with Crippen molar-refractivity contribution in [2.75, 3.05) is 6.79 Å². The van der Waals surface area contributed by atoms with Gasteiger partial charge < -0.3 is 14.8 Å². The van der Waals surface area contributed by atoms with Crippen molar-refractivity contribution in [3.05, 3.63) is 59.2 Å². The van der Waals surface area contributed by atoms with Crippen molar-refractivity contribution in [1.29, 1.82) is 0 Å². The van der Waals surface area contributed by atoms with Crippen LogP contribution in [0.15, 0.2) is 42.5 Å². The van der Waals surface area contributed by atoms with Crippen LogP contribution in [0.3, 0.4) is 0 Å². The van der Waals surface area contributed by atoms with Crippen molar-refractivity contribution in [3.63, 3.8) is 0 Å². The van der Waals surface area contributed by atoms with Crippen molar-refractivity contribution in [2.24, 2.45) is 0 Å². The van der Waals surface area contributed by atoms with E-state index in [0.717, 1.165) is 10.5 Å². The Bertz CT molecular complexity index is 889. The minimum absolute atomic E-state index is 0.182. The zero-order valence-electron chi connectivity index (χ0n) is 14.0. The second-order valence-electron chi connectivity index (χ2n) is 6.11. The molecule has 0 unspecified atom stereocenters. The van der Waals surface area contributed by atoms with Crippen molar-refractivity contribution in [1.82, 2.24) is 10.2 Å². The molecule has 2 heterocycles. The Morgan fingerprint density at radius 2 is 1.73 bits per heavy atom. The topological polar surface area (TPSA) is 84.9 Å². The summed E-state index contributed by atoms with van der Waals surface area (Å²) in [6.45, 7) is 1.97. The number of benzene rings is 2. The number of fused-ring (bicyclic) bond motifs is 2. The number of carbonyl (C=O) groups excluding carboxylic acids is 3. The van der Waals surface area contributed by atoms with E-state index in [2.05, 4.69) is 5.32 Å². The highest BCUT2D eigenvalue weighted by molar-refractivity contribution is 6.22. The molecule has 2 aromatic rings. The SMILES string of the molecule is C[C@H](C(=O)NCc1ccc2c(c1)OCO2)N1C(=O)c2ccccc2C1=O. The predicted molar refractivity (Wildman–Crippen MR) is 90.8 cm³/mol. The van der Waals surface area contributed by atoms with Crippen LogP contribution in [0.1, 0.15) is 33.2 Å². The van der Waals surface area contributed by atoms with Gasteiger partial charge in [0.05, 0.1) is 11.1 Å². The zero-order chi connectivity index (χ0) is 18.3. The summed E-state index contributed by atoms with van der Waals surface area (Å²) in [6, 6.07) is 11.0. The molecule has 1 atom stereocenters. The molecule has 0 saturated carbocycles. The van der Waals surface area contributed by atoms with Crippen molar-refractivity contribution < 1.29 is 23.9 Å². The fraction of sp³-hybridized carbons (Fsp3) is 0.211. The van der Waals surface area contributed by atoms with Gasteiger partial charge in [-0.15, -0.1) is 0 Å². The van der Waals surface area contributed by atoms with Gasteiger partial charge >= 0.3 is 0 Å². The maximum Gasteiger partial charge on any atom is 0.262 e. The summed E-state index contributed by atoms with van der Waals surface area (Å²) >= 11 is 0. The summed E-state index contributed by atoms with van der Waals surface area (Å²) in [5.74, 6) is -0.00514. The quantitative estimate of drug-likeness (QED) is 0.847. The van der Waals surface area contributed by atoms with Crippen LogP contribution >= 0.6 is 0 Å². The van der Waals surface area contributed by atoms with Crippen LogP contribution < -0.4 is 14.8 Å². The fourth-order valence-electron chi connectivity index (χ4n) is 3.06. The molecule has 0 bridgehead atoms. The molecule has 0 fully saturated rings. The molecule has 1 N–H and O–H groups in total. The highest BCUT2D eigenvalue weighted by Crippen LogP contribution is 2.32. The maximum absolute atomic E-state index is 12.5. The number of imide groups is 1. The molecule has 0 aromatic heterocycles. The first-order valence-corrected chi connectivity index (χ1v) is 8.19. The minimum atomic E-state index is -0.906. The Kier molecular flexibility index (Phi) is 3.84. The smallest absolute Gasteiger partial charge is 0.262 e. The van der Waals surface area contributed by atoms with Gasteiger partial charge in [0.1, 0.15) is 6.04 Å². The highest BCUT2D eigenvalue weighted by atomic mass is 16.7. The van der Waals surface area contributed by atoms with Gasteiger partial charge in [0.15, 0.2) is 11.5 Å². The van der Waals surface area contributed by atoms with Crippen LogP contribution in [0.25, 0.3) is 0 Å². The molecular weight excluding hydrogens is 336 g/mol. The van der Waals surface area contributed by atoms with E-state index in [1.54, 1.807) is 36.4 Å². The monoisotopic (exact) mass is 352 g/mol. The molecule has 2 aliphatic rings. The van der Waals surface area contributed by atoms with Crippen LogP contribution in [-0.2, 0) is 11.3 Å². The molecule has 2 aromatic carbocycles. The summed E-state index contributed by atoms with van der Waals surface area (Å²) in [4.78, 5) is 38.4. The molecule has 3 amide bonds.